The Kier molecular flexibility index (Phi) is 3.35. The molecule has 0 aliphatic carbocycles. The van der Waals surface area contributed by atoms with Crippen LogP contribution in [0.2, 0.25) is 0 Å². The smallest absolute Gasteiger partial charge is 0.198 e. The first-order valence-electron chi connectivity index (χ1n) is 5.87. The van der Waals surface area contributed by atoms with E-state index in [0.717, 1.165) is 13.0 Å². The fourth-order valence-corrected chi connectivity index (χ4v) is 2.02. The number of aromatic nitrogens is 1. The molecular formula is C15H18N+. The van der Waals surface area contributed by atoms with Crippen LogP contribution in [0.1, 0.15) is 18.9 Å². The lowest BCUT2D eigenvalue weighted by atomic mass is 10.0. The first-order chi connectivity index (χ1) is 7.83. The van der Waals surface area contributed by atoms with E-state index in [-0.39, 0.29) is 0 Å². The highest BCUT2D eigenvalue weighted by atomic mass is 14.9. The van der Waals surface area contributed by atoms with Crippen molar-refractivity contribution in [1.82, 2.24) is 0 Å². The van der Waals surface area contributed by atoms with E-state index in [1.54, 1.807) is 0 Å². The van der Waals surface area contributed by atoms with Gasteiger partial charge in [-0.15, -0.1) is 0 Å². The summed E-state index contributed by atoms with van der Waals surface area (Å²) in [6.45, 7) is 5.45. The molecule has 0 amide bonds. The highest BCUT2D eigenvalue weighted by molar-refractivity contribution is 5.60. The number of pyridine rings is 1. The SMILES string of the molecule is CCC[n+]1ccccc1-c1ccccc1C. The van der Waals surface area contributed by atoms with Crippen LogP contribution in [-0.4, -0.2) is 0 Å². The Balaban J connectivity index is 2.51. The molecule has 0 saturated heterocycles. The van der Waals surface area contributed by atoms with Crippen molar-refractivity contribution in [3.63, 3.8) is 0 Å². The third-order valence-electron chi connectivity index (χ3n) is 2.83. The first kappa shape index (κ1) is 10.9. The van der Waals surface area contributed by atoms with Gasteiger partial charge in [0.05, 0.1) is 0 Å². The molecule has 1 aromatic carbocycles. The Labute approximate surface area is 97.4 Å². The highest BCUT2D eigenvalue weighted by Gasteiger charge is 2.12. The standard InChI is InChI=1S/C15H18N/c1-3-11-16-12-7-6-10-15(16)14-9-5-4-8-13(14)2/h4-10,12H,3,11H2,1-2H3/q+1. The third kappa shape index (κ3) is 2.13. The van der Waals surface area contributed by atoms with E-state index < -0.39 is 0 Å². The molecule has 0 N–H and O–H groups in total. The van der Waals surface area contributed by atoms with Crippen molar-refractivity contribution < 1.29 is 4.57 Å². The number of nitrogens with zero attached hydrogens (tertiary/aromatic N) is 1. The van der Waals surface area contributed by atoms with E-state index in [4.69, 9.17) is 0 Å². The van der Waals surface area contributed by atoms with Gasteiger partial charge < -0.3 is 0 Å². The van der Waals surface area contributed by atoms with E-state index in [0.29, 0.717) is 0 Å². The molecule has 0 aliphatic heterocycles. The second-order valence-electron chi connectivity index (χ2n) is 4.09. The quantitative estimate of drug-likeness (QED) is 0.687. The molecule has 0 atom stereocenters. The number of hydrogen-bond acceptors (Lipinski definition) is 0. The molecule has 1 nitrogen and oxygen atoms in total. The Bertz CT molecular complexity index is 474. The van der Waals surface area contributed by atoms with Gasteiger partial charge in [0.15, 0.2) is 6.20 Å². The Morgan fingerprint density at radius 3 is 2.50 bits per heavy atom. The van der Waals surface area contributed by atoms with E-state index >= 15 is 0 Å². The van der Waals surface area contributed by atoms with Crippen LogP contribution < -0.4 is 4.57 Å². The lowest BCUT2D eigenvalue weighted by molar-refractivity contribution is -0.686. The summed E-state index contributed by atoms with van der Waals surface area (Å²) in [6.07, 6.45) is 3.32. The Morgan fingerprint density at radius 2 is 1.75 bits per heavy atom. The number of rotatable bonds is 3. The maximum absolute atomic E-state index is 2.32. The molecule has 0 radical (unpaired) electrons. The van der Waals surface area contributed by atoms with Crippen molar-refractivity contribution in [3.05, 3.63) is 54.2 Å². The van der Waals surface area contributed by atoms with Crippen LogP contribution in [0.3, 0.4) is 0 Å². The molecule has 1 aromatic heterocycles. The van der Waals surface area contributed by atoms with Crippen molar-refractivity contribution in [2.24, 2.45) is 0 Å². The molecular weight excluding hydrogens is 194 g/mol. The van der Waals surface area contributed by atoms with Gasteiger partial charge in [0, 0.05) is 24.1 Å². The van der Waals surface area contributed by atoms with E-state index in [9.17, 15) is 0 Å². The molecule has 0 spiro atoms. The zero-order valence-corrected chi connectivity index (χ0v) is 9.98. The maximum Gasteiger partial charge on any atom is 0.212 e. The minimum absolute atomic E-state index is 1.07. The van der Waals surface area contributed by atoms with Gasteiger partial charge in [0.1, 0.15) is 6.54 Å². The van der Waals surface area contributed by atoms with Crippen LogP contribution in [0.25, 0.3) is 11.3 Å². The molecule has 1 heteroatoms. The summed E-state index contributed by atoms with van der Waals surface area (Å²) < 4.78 is 2.32. The summed E-state index contributed by atoms with van der Waals surface area (Å²) in [7, 11) is 0. The second-order valence-corrected chi connectivity index (χ2v) is 4.09. The average Bonchev–Trinajstić information content (AvgIpc) is 2.31. The Hall–Kier alpha value is -1.63. The molecule has 0 aliphatic rings. The van der Waals surface area contributed by atoms with Gasteiger partial charge in [-0.05, 0) is 24.6 Å². The molecule has 82 valence electrons. The summed E-state index contributed by atoms with van der Waals surface area (Å²) in [6, 6.07) is 14.9. The number of aryl methyl sites for hydroxylation is 2. The van der Waals surface area contributed by atoms with Crippen LogP contribution in [0.4, 0.5) is 0 Å². The maximum atomic E-state index is 2.32. The summed E-state index contributed by atoms with van der Waals surface area (Å²) in [5.74, 6) is 0. The fourth-order valence-electron chi connectivity index (χ4n) is 2.02. The van der Waals surface area contributed by atoms with E-state index in [2.05, 4.69) is 67.1 Å². The van der Waals surface area contributed by atoms with Crippen LogP contribution >= 0.6 is 0 Å². The largest absolute Gasteiger partial charge is 0.212 e. The van der Waals surface area contributed by atoms with Gasteiger partial charge in [-0.1, -0.05) is 25.1 Å². The first-order valence-corrected chi connectivity index (χ1v) is 5.87. The van der Waals surface area contributed by atoms with Gasteiger partial charge in [0.25, 0.3) is 0 Å². The summed E-state index contributed by atoms with van der Waals surface area (Å²) in [5, 5.41) is 0. The monoisotopic (exact) mass is 212 g/mol. The van der Waals surface area contributed by atoms with Gasteiger partial charge in [-0.3, -0.25) is 0 Å². The highest BCUT2D eigenvalue weighted by Crippen LogP contribution is 2.19. The van der Waals surface area contributed by atoms with Gasteiger partial charge >= 0.3 is 0 Å². The molecule has 0 fully saturated rings. The fraction of sp³-hybridized carbons (Fsp3) is 0.267. The van der Waals surface area contributed by atoms with Crippen LogP contribution in [0, 0.1) is 6.92 Å². The van der Waals surface area contributed by atoms with E-state index in [1.165, 1.54) is 16.8 Å². The van der Waals surface area contributed by atoms with Gasteiger partial charge in [-0.2, -0.15) is 4.57 Å². The molecule has 0 saturated carbocycles. The number of benzene rings is 1. The summed E-state index contributed by atoms with van der Waals surface area (Å²) in [5.41, 5.74) is 3.97. The van der Waals surface area contributed by atoms with Crippen molar-refractivity contribution in [3.8, 4) is 11.3 Å². The minimum atomic E-state index is 1.07. The van der Waals surface area contributed by atoms with E-state index in [1.807, 2.05) is 0 Å². The van der Waals surface area contributed by atoms with Crippen molar-refractivity contribution in [2.75, 3.05) is 0 Å². The molecule has 1 heterocycles. The van der Waals surface area contributed by atoms with Crippen LogP contribution in [0.15, 0.2) is 48.7 Å². The summed E-state index contributed by atoms with van der Waals surface area (Å²) >= 11 is 0. The average molecular weight is 212 g/mol. The van der Waals surface area contributed by atoms with Crippen molar-refractivity contribution in [1.29, 1.82) is 0 Å². The zero-order valence-electron chi connectivity index (χ0n) is 9.98. The zero-order chi connectivity index (χ0) is 11.4. The predicted molar refractivity (Wildman–Crippen MR) is 67.1 cm³/mol. The Morgan fingerprint density at radius 1 is 1.00 bits per heavy atom. The molecule has 0 bridgehead atoms. The van der Waals surface area contributed by atoms with Crippen LogP contribution in [-0.2, 0) is 6.54 Å². The lowest BCUT2D eigenvalue weighted by Crippen LogP contribution is -2.35. The third-order valence-corrected chi connectivity index (χ3v) is 2.83. The van der Waals surface area contributed by atoms with Gasteiger partial charge in [-0.25, -0.2) is 0 Å². The summed E-state index contributed by atoms with van der Waals surface area (Å²) in [4.78, 5) is 0. The predicted octanol–water partition coefficient (Wildman–Crippen LogP) is 3.36. The topological polar surface area (TPSA) is 3.88 Å². The minimum Gasteiger partial charge on any atom is -0.198 e. The normalized spacial score (nSPS) is 10.4. The van der Waals surface area contributed by atoms with Crippen molar-refractivity contribution >= 4 is 0 Å². The lowest BCUT2D eigenvalue weighted by Gasteiger charge is -2.05. The van der Waals surface area contributed by atoms with Crippen molar-refractivity contribution in [2.45, 2.75) is 26.8 Å². The number of hydrogen-bond donors (Lipinski definition) is 0. The molecule has 2 rings (SSSR count). The van der Waals surface area contributed by atoms with Crippen LogP contribution in [0.5, 0.6) is 0 Å². The van der Waals surface area contributed by atoms with Gasteiger partial charge in [0.2, 0.25) is 5.69 Å². The second kappa shape index (κ2) is 4.93. The molecule has 0 unspecified atom stereocenters. The molecule has 2 aromatic rings. The molecule has 16 heavy (non-hydrogen) atoms.